The van der Waals surface area contributed by atoms with Crippen LogP contribution in [0.1, 0.15) is 15.9 Å². The van der Waals surface area contributed by atoms with Crippen LogP contribution in [0.5, 0.6) is 0 Å². The predicted molar refractivity (Wildman–Crippen MR) is 82.4 cm³/mol. The minimum absolute atomic E-state index is 0.295. The first-order valence-electron chi connectivity index (χ1n) is 5.33. The van der Waals surface area contributed by atoms with Crippen molar-refractivity contribution in [2.45, 2.75) is 6.61 Å². The number of hydrogen-bond donors (Lipinski definition) is 0. The van der Waals surface area contributed by atoms with E-state index in [9.17, 15) is 4.79 Å². The zero-order chi connectivity index (χ0) is 13.0. The van der Waals surface area contributed by atoms with Crippen molar-refractivity contribution >= 4 is 44.5 Å². The molecule has 0 aromatic heterocycles. The SMILES string of the molecule is O=C(OCc1ccccc1)c1ccc(I)c(Br)c1. The number of rotatable bonds is 3. The highest BCUT2D eigenvalue weighted by Gasteiger charge is 2.09. The van der Waals surface area contributed by atoms with Crippen molar-refractivity contribution in [1.82, 2.24) is 0 Å². The lowest BCUT2D eigenvalue weighted by Crippen LogP contribution is -2.05. The molecule has 2 aromatic rings. The summed E-state index contributed by atoms with van der Waals surface area (Å²) in [6.45, 7) is 0.295. The second-order valence-electron chi connectivity index (χ2n) is 3.69. The Morgan fingerprint density at radius 2 is 1.89 bits per heavy atom. The molecule has 0 saturated carbocycles. The number of halogens is 2. The first-order valence-corrected chi connectivity index (χ1v) is 7.20. The summed E-state index contributed by atoms with van der Waals surface area (Å²) >= 11 is 5.59. The summed E-state index contributed by atoms with van der Waals surface area (Å²) in [5.74, 6) is -0.309. The van der Waals surface area contributed by atoms with Gasteiger partial charge in [0.2, 0.25) is 0 Å². The molecule has 92 valence electrons. The van der Waals surface area contributed by atoms with E-state index in [1.54, 1.807) is 12.1 Å². The van der Waals surface area contributed by atoms with Crippen molar-refractivity contribution in [2.75, 3.05) is 0 Å². The third-order valence-electron chi connectivity index (χ3n) is 2.37. The van der Waals surface area contributed by atoms with Crippen molar-refractivity contribution in [1.29, 1.82) is 0 Å². The summed E-state index contributed by atoms with van der Waals surface area (Å²) < 4.78 is 7.21. The summed E-state index contributed by atoms with van der Waals surface area (Å²) in [5.41, 5.74) is 1.54. The van der Waals surface area contributed by atoms with Crippen LogP contribution < -0.4 is 0 Å². The lowest BCUT2D eigenvalue weighted by molar-refractivity contribution is 0.0472. The number of ether oxygens (including phenoxy) is 1. The molecule has 0 unspecified atom stereocenters. The molecule has 2 rings (SSSR count). The molecule has 0 bridgehead atoms. The Labute approximate surface area is 128 Å². The average Bonchev–Trinajstić information content (AvgIpc) is 2.40. The van der Waals surface area contributed by atoms with Crippen LogP contribution in [-0.2, 0) is 11.3 Å². The molecule has 0 aliphatic heterocycles. The van der Waals surface area contributed by atoms with Gasteiger partial charge < -0.3 is 4.74 Å². The maximum Gasteiger partial charge on any atom is 0.338 e. The van der Waals surface area contributed by atoms with Gasteiger partial charge >= 0.3 is 5.97 Å². The highest BCUT2D eigenvalue weighted by molar-refractivity contribution is 14.1. The molecule has 0 heterocycles. The Kier molecular flexibility index (Phi) is 4.77. The number of esters is 1. The Morgan fingerprint density at radius 3 is 2.56 bits per heavy atom. The summed E-state index contributed by atoms with van der Waals surface area (Å²) in [5, 5.41) is 0. The summed E-state index contributed by atoms with van der Waals surface area (Å²) in [6.07, 6.45) is 0. The van der Waals surface area contributed by atoms with E-state index in [0.29, 0.717) is 12.2 Å². The smallest absolute Gasteiger partial charge is 0.338 e. The van der Waals surface area contributed by atoms with Crippen LogP contribution in [-0.4, -0.2) is 5.97 Å². The topological polar surface area (TPSA) is 26.3 Å². The van der Waals surface area contributed by atoms with Crippen molar-refractivity contribution in [3.05, 3.63) is 67.7 Å². The zero-order valence-corrected chi connectivity index (χ0v) is 13.1. The molecule has 0 aliphatic rings. The van der Waals surface area contributed by atoms with Crippen LogP contribution in [0.2, 0.25) is 0 Å². The van der Waals surface area contributed by atoms with Crippen LogP contribution in [0.25, 0.3) is 0 Å². The molecular weight excluding hydrogens is 407 g/mol. The lowest BCUT2D eigenvalue weighted by Gasteiger charge is -2.05. The minimum Gasteiger partial charge on any atom is -0.457 e. The largest absolute Gasteiger partial charge is 0.457 e. The molecule has 0 spiro atoms. The van der Waals surface area contributed by atoms with Gasteiger partial charge in [-0.3, -0.25) is 0 Å². The minimum atomic E-state index is -0.309. The van der Waals surface area contributed by atoms with Gasteiger partial charge in [0, 0.05) is 8.04 Å². The van der Waals surface area contributed by atoms with Gasteiger partial charge in [0.15, 0.2) is 0 Å². The average molecular weight is 417 g/mol. The van der Waals surface area contributed by atoms with Gasteiger partial charge in [0.05, 0.1) is 5.56 Å². The van der Waals surface area contributed by atoms with Crippen molar-refractivity contribution < 1.29 is 9.53 Å². The molecule has 0 fully saturated rings. The highest BCUT2D eigenvalue weighted by Crippen LogP contribution is 2.20. The van der Waals surface area contributed by atoms with Crippen LogP contribution in [0.4, 0.5) is 0 Å². The fourth-order valence-electron chi connectivity index (χ4n) is 1.43. The van der Waals surface area contributed by atoms with Gasteiger partial charge in [-0.1, -0.05) is 30.3 Å². The summed E-state index contributed by atoms with van der Waals surface area (Å²) in [4.78, 5) is 11.8. The van der Waals surface area contributed by atoms with Crippen LogP contribution >= 0.6 is 38.5 Å². The maximum absolute atomic E-state index is 11.8. The Morgan fingerprint density at radius 1 is 1.17 bits per heavy atom. The highest BCUT2D eigenvalue weighted by atomic mass is 127. The Balaban J connectivity index is 2.02. The molecular formula is C14H10BrIO2. The summed E-state index contributed by atoms with van der Waals surface area (Å²) in [7, 11) is 0. The van der Waals surface area contributed by atoms with E-state index >= 15 is 0 Å². The fourth-order valence-corrected chi connectivity index (χ4v) is 2.14. The number of carbonyl (C=O) groups excluding carboxylic acids is 1. The van der Waals surface area contributed by atoms with E-state index < -0.39 is 0 Å². The molecule has 0 amide bonds. The number of hydrogen-bond acceptors (Lipinski definition) is 2. The van der Waals surface area contributed by atoms with Crippen LogP contribution in [0.3, 0.4) is 0 Å². The molecule has 2 aromatic carbocycles. The first kappa shape index (κ1) is 13.5. The predicted octanol–water partition coefficient (Wildman–Crippen LogP) is 4.41. The van der Waals surface area contributed by atoms with Crippen molar-refractivity contribution in [2.24, 2.45) is 0 Å². The molecule has 18 heavy (non-hydrogen) atoms. The van der Waals surface area contributed by atoms with Crippen molar-refractivity contribution in [3.63, 3.8) is 0 Å². The molecule has 0 saturated heterocycles. The zero-order valence-electron chi connectivity index (χ0n) is 9.40. The normalized spacial score (nSPS) is 10.1. The van der Waals surface area contributed by atoms with Gasteiger partial charge in [-0.05, 0) is 62.3 Å². The van der Waals surface area contributed by atoms with Gasteiger partial charge in [0.25, 0.3) is 0 Å². The van der Waals surface area contributed by atoms with E-state index in [1.165, 1.54) is 0 Å². The molecule has 2 nitrogen and oxygen atoms in total. The fraction of sp³-hybridized carbons (Fsp3) is 0.0714. The van der Waals surface area contributed by atoms with E-state index in [2.05, 4.69) is 38.5 Å². The third-order valence-corrected chi connectivity index (χ3v) is 4.71. The van der Waals surface area contributed by atoms with Gasteiger partial charge in [-0.25, -0.2) is 4.79 Å². The second kappa shape index (κ2) is 6.33. The Hall–Kier alpha value is -0.880. The van der Waals surface area contributed by atoms with Gasteiger partial charge in [0.1, 0.15) is 6.61 Å². The molecule has 0 aliphatic carbocycles. The van der Waals surface area contributed by atoms with Gasteiger partial charge in [-0.15, -0.1) is 0 Å². The molecule has 0 radical (unpaired) electrons. The standard InChI is InChI=1S/C14H10BrIO2/c15-12-8-11(6-7-13(12)16)14(17)18-9-10-4-2-1-3-5-10/h1-8H,9H2. The van der Waals surface area contributed by atoms with E-state index in [4.69, 9.17) is 4.74 Å². The quantitative estimate of drug-likeness (QED) is 0.547. The van der Waals surface area contributed by atoms with E-state index in [0.717, 1.165) is 13.6 Å². The lowest BCUT2D eigenvalue weighted by atomic mass is 10.2. The van der Waals surface area contributed by atoms with Crippen LogP contribution in [0.15, 0.2) is 53.0 Å². The molecule has 4 heteroatoms. The Bertz CT molecular complexity index is 555. The monoisotopic (exact) mass is 416 g/mol. The maximum atomic E-state index is 11.8. The summed E-state index contributed by atoms with van der Waals surface area (Å²) in [6, 6.07) is 15.0. The molecule has 0 N–H and O–H groups in total. The number of benzene rings is 2. The number of carbonyl (C=O) groups is 1. The van der Waals surface area contributed by atoms with E-state index in [-0.39, 0.29) is 5.97 Å². The van der Waals surface area contributed by atoms with E-state index in [1.807, 2.05) is 36.4 Å². The molecule has 0 atom stereocenters. The van der Waals surface area contributed by atoms with Crippen LogP contribution in [0, 0.1) is 3.57 Å². The second-order valence-corrected chi connectivity index (χ2v) is 5.71. The van der Waals surface area contributed by atoms with Crippen molar-refractivity contribution in [3.8, 4) is 0 Å². The first-order chi connectivity index (χ1) is 8.66. The third kappa shape index (κ3) is 3.55. The van der Waals surface area contributed by atoms with Gasteiger partial charge in [-0.2, -0.15) is 0 Å².